The Balaban J connectivity index is 1.39. The van der Waals surface area contributed by atoms with E-state index < -0.39 is 11.8 Å². The zero-order valence-electron chi connectivity index (χ0n) is 19.7. The Bertz CT molecular complexity index is 1130. The van der Waals surface area contributed by atoms with Gasteiger partial charge in [-0.1, -0.05) is 62.4 Å². The monoisotopic (exact) mass is 491 g/mol. The summed E-state index contributed by atoms with van der Waals surface area (Å²) in [6.07, 6.45) is 0.923. The largest absolute Gasteiger partial charge is 0.494 e. The third-order valence-electron chi connectivity index (χ3n) is 4.93. The van der Waals surface area contributed by atoms with Crippen molar-refractivity contribution < 1.29 is 19.1 Å². The van der Waals surface area contributed by atoms with Gasteiger partial charge in [0, 0.05) is 5.56 Å². The van der Waals surface area contributed by atoms with Crippen molar-refractivity contribution in [2.75, 3.05) is 13.2 Å². The van der Waals surface area contributed by atoms with Gasteiger partial charge in [0.2, 0.25) is 0 Å². The van der Waals surface area contributed by atoms with Crippen molar-refractivity contribution in [2.45, 2.75) is 20.3 Å². The minimum absolute atomic E-state index is 0.0401. The molecule has 0 aliphatic carbocycles. The van der Waals surface area contributed by atoms with Crippen LogP contribution in [0.4, 0.5) is 0 Å². The first-order valence-electron chi connectivity index (χ1n) is 11.3. The van der Waals surface area contributed by atoms with Crippen LogP contribution in [0.5, 0.6) is 11.5 Å². The number of hydrazine groups is 1. The van der Waals surface area contributed by atoms with Gasteiger partial charge in [0.15, 0.2) is 11.7 Å². The summed E-state index contributed by atoms with van der Waals surface area (Å²) in [4.78, 5) is 24.5. The van der Waals surface area contributed by atoms with E-state index in [2.05, 4.69) is 30.0 Å². The molecule has 0 aliphatic rings. The highest BCUT2D eigenvalue weighted by atomic mass is 32.1. The van der Waals surface area contributed by atoms with Gasteiger partial charge in [0.25, 0.3) is 11.8 Å². The molecule has 0 heterocycles. The molecular formula is C27H29N3O4S. The van der Waals surface area contributed by atoms with E-state index in [4.69, 9.17) is 21.7 Å². The van der Waals surface area contributed by atoms with Crippen molar-refractivity contribution in [1.29, 1.82) is 0 Å². The molecule has 0 saturated heterocycles. The van der Waals surface area contributed by atoms with E-state index in [0.29, 0.717) is 29.6 Å². The molecule has 0 radical (unpaired) electrons. The Kier molecular flexibility index (Phi) is 9.62. The van der Waals surface area contributed by atoms with E-state index in [0.717, 1.165) is 17.5 Å². The van der Waals surface area contributed by atoms with Crippen molar-refractivity contribution in [3.05, 3.63) is 84.4 Å². The van der Waals surface area contributed by atoms with Crippen molar-refractivity contribution in [3.8, 4) is 22.6 Å². The number of hydrogen-bond acceptors (Lipinski definition) is 5. The van der Waals surface area contributed by atoms with Crippen LogP contribution in [0.2, 0.25) is 0 Å². The quantitative estimate of drug-likeness (QED) is 0.302. The molecule has 0 unspecified atom stereocenters. The molecule has 182 valence electrons. The van der Waals surface area contributed by atoms with E-state index in [1.165, 1.54) is 0 Å². The van der Waals surface area contributed by atoms with Gasteiger partial charge in [-0.25, -0.2) is 0 Å². The number of ether oxygens (including phenoxy) is 2. The van der Waals surface area contributed by atoms with Crippen LogP contribution in [0.25, 0.3) is 11.1 Å². The molecule has 0 saturated carbocycles. The molecular weight excluding hydrogens is 462 g/mol. The highest BCUT2D eigenvalue weighted by Gasteiger charge is 2.10. The third kappa shape index (κ3) is 8.75. The third-order valence-corrected chi connectivity index (χ3v) is 5.14. The van der Waals surface area contributed by atoms with Crippen molar-refractivity contribution in [3.63, 3.8) is 0 Å². The lowest BCUT2D eigenvalue weighted by Gasteiger charge is -2.12. The second-order valence-electron chi connectivity index (χ2n) is 8.19. The lowest BCUT2D eigenvalue weighted by atomic mass is 10.1. The number of thiocarbonyl (C=S) groups is 1. The molecule has 8 heteroatoms. The second kappa shape index (κ2) is 13.1. The molecule has 0 aliphatic heterocycles. The van der Waals surface area contributed by atoms with Gasteiger partial charge in [-0.15, -0.1) is 0 Å². The van der Waals surface area contributed by atoms with Crippen LogP contribution in [0.1, 0.15) is 30.6 Å². The summed E-state index contributed by atoms with van der Waals surface area (Å²) < 4.78 is 11.2. The van der Waals surface area contributed by atoms with Gasteiger partial charge >= 0.3 is 0 Å². The summed E-state index contributed by atoms with van der Waals surface area (Å²) in [5.41, 5.74) is 7.45. The maximum absolute atomic E-state index is 12.4. The van der Waals surface area contributed by atoms with Crippen LogP contribution >= 0.6 is 12.2 Å². The fraction of sp³-hybridized carbons (Fsp3) is 0.222. The van der Waals surface area contributed by atoms with Gasteiger partial charge in [0.1, 0.15) is 11.5 Å². The van der Waals surface area contributed by atoms with E-state index in [-0.39, 0.29) is 11.7 Å². The summed E-state index contributed by atoms with van der Waals surface area (Å²) in [5.74, 6) is 0.839. The van der Waals surface area contributed by atoms with E-state index in [1.54, 1.807) is 36.4 Å². The molecule has 0 aromatic heterocycles. The Morgan fingerprint density at radius 1 is 0.829 bits per heavy atom. The van der Waals surface area contributed by atoms with Gasteiger partial charge < -0.3 is 9.47 Å². The highest BCUT2D eigenvalue weighted by molar-refractivity contribution is 7.80. The van der Waals surface area contributed by atoms with E-state index >= 15 is 0 Å². The number of benzene rings is 3. The molecule has 3 rings (SSSR count). The molecule has 2 amide bonds. The minimum atomic E-state index is -0.450. The Hall–Kier alpha value is -3.91. The Labute approximate surface area is 210 Å². The zero-order chi connectivity index (χ0) is 25.0. The van der Waals surface area contributed by atoms with Crippen LogP contribution in [0.3, 0.4) is 0 Å². The molecule has 0 atom stereocenters. The Morgan fingerprint density at radius 2 is 1.54 bits per heavy atom. The number of carbonyl (C=O) groups is 2. The summed E-state index contributed by atoms with van der Waals surface area (Å²) in [5, 5.41) is 2.48. The van der Waals surface area contributed by atoms with Crippen LogP contribution in [-0.4, -0.2) is 30.1 Å². The average molecular weight is 492 g/mol. The zero-order valence-corrected chi connectivity index (χ0v) is 20.6. The second-order valence-corrected chi connectivity index (χ2v) is 8.60. The van der Waals surface area contributed by atoms with Gasteiger partial charge in [0.05, 0.1) is 6.61 Å². The van der Waals surface area contributed by atoms with E-state index in [1.807, 2.05) is 42.5 Å². The molecule has 3 N–H and O–H groups in total. The van der Waals surface area contributed by atoms with Crippen molar-refractivity contribution >= 4 is 29.1 Å². The predicted octanol–water partition coefficient (Wildman–Crippen LogP) is 4.49. The molecule has 0 fully saturated rings. The van der Waals surface area contributed by atoms with Gasteiger partial charge in [-0.3, -0.25) is 25.8 Å². The lowest BCUT2D eigenvalue weighted by molar-refractivity contribution is -0.123. The van der Waals surface area contributed by atoms with Gasteiger partial charge in [-0.2, -0.15) is 0 Å². The van der Waals surface area contributed by atoms with Crippen molar-refractivity contribution in [2.24, 2.45) is 5.92 Å². The predicted molar refractivity (Wildman–Crippen MR) is 140 cm³/mol. The molecule has 0 bridgehead atoms. The number of amides is 2. The maximum atomic E-state index is 12.4. The lowest BCUT2D eigenvalue weighted by Crippen LogP contribution is -2.49. The van der Waals surface area contributed by atoms with Crippen molar-refractivity contribution in [1.82, 2.24) is 16.2 Å². The smallest absolute Gasteiger partial charge is 0.276 e. The first-order valence-corrected chi connectivity index (χ1v) is 11.7. The number of carbonyl (C=O) groups excluding carboxylic acids is 2. The SMILES string of the molecule is CC(C)CCOc1cccc(C(=O)NC(=S)NNC(=O)COc2ccc(-c3ccccc3)cc2)c1. The maximum Gasteiger partial charge on any atom is 0.276 e. The molecule has 3 aromatic carbocycles. The van der Waals surface area contributed by atoms with Crippen LogP contribution < -0.4 is 25.6 Å². The topological polar surface area (TPSA) is 88.7 Å². The number of nitrogens with one attached hydrogen (secondary N) is 3. The van der Waals surface area contributed by atoms with Crippen LogP contribution in [0.15, 0.2) is 78.9 Å². The van der Waals surface area contributed by atoms with Crippen LogP contribution in [-0.2, 0) is 4.79 Å². The normalized spacial score (nSPS) is 10.4. The van der Waals surface area contributed by atoms with Gasteiger partial charge in [-0.05, 0) is 66.0 Å². The average Bonchev–Trinajstić information content (AvgIpc) is 2.87. The standard InChI is InChI=1S/C27H29N3O4S/c1-19(2)15-16-33-24-10-6-9-22(17-24)26(32)28-27(35)30-29-25(31)18-34-23-13-11-21(12-14-23)20-7-4-3-5-8-20/h3-14,17,19H,15-16,18H2,1-2H3,(H,29,31)(H2,28,30,32,35). The minimum Gasteiger partial charge on any atom is -0.494 e. The van der Waals surface area contributed by atoms with E-state index in [9.17, 15) is 9.59 Å². The fourth-order valence-corrected chi connectivity index (χ4v) is 3.18. The summed E-state index contributed by atoms with van der Waals surface area (Å²) in [6.45, 7) is 4.60. The number of hydrogen-bond donors (Lipinski definition) is 3. The molecule has 0 spiro atoms. The molecule has 3 aromatic rings. The highest BCUT2D eigenvalue weighted by Crippen LogP contribution is 2.22. The summed E-state index contributed by atoms with van der Waals surface area (Å²) >= 11 is 5.09. The number of rotatable bonds is 9. The first-order chi connectivity index (χ1) is 16.9. The fourth-order valence-electron chi connectivity index (χ4n) is 3.03. The Morgan fingerprint density at radius 3 is 2.26 bits per heavy atom. The summed E-state index contributed by atoms with van der Waals surface area (Å²) in [7, 11) is 0. The molecule has 35 heavy (non-hydrogen) atoms. The van der Waals surface area contributed by atoms with Crippen LogP contribution in [0, 0.1) is 5.92 Å². The molecule has 7 nitrogen and oxygen atoms in total. The summed E-state index contributed by atoms with van der Waals surface area (Å²) in [6, 6.07) is 24.3. The first kappa shape index (κ1) is 25.7.